The minimum atomic E-state index is 0.0532. The van der Waals surface area contributed by atoms with Gasteiger partial charge in [-0.15, -0.1) is 0 Å². The molecule has 0 aliphatic rings. The molecule has 0 aliphatic heterocycles. The molecule has 0 atom stereocenters. The van der Waals surface area contributed by atoms with Crippen molar-refractivity contribution in [3.8, 4) is 22.3 Å². The van der Waals surface area contributed by atoms with Crippen molar-refractivity contribution >= 4 is 0 Å². The van der Waals surface area contributed by atoms with Gasteiger partial charge in [-0.3, -0.25) is 4.98 Å². The fourth-order valence-corrected chi connectivity index (χ4v) is 2.98. The van der Waals surface area contributed by atoms with Crippen LogP contribution < -0.4 is 0 Å². The van der Waals surface area contributed by atoms with Crippen molar-refractivity contribution < 1.29 is 0 Å². The van der Waals surface area contributed by atoms with Gasteiger partial charge in [0.05, 0.1) is 0 Å². The molecule has 0 saturated heterocycles. The van der Waals surface area contributed by atoms with Gasteiger partial charge in [-0.2, -0.15) is 0 Å². The molecule has 0 amide bonds. The van der Waals surface area contributed by atoms with E-state index in [4.69, 9.17) is 0 Å². The zero-order valence-corrected chi connectivity index (χ0v) is 13.4. The average Bonchev–Trinajstić information content (AvgIpc) is 2.55. The molecule has 0 N–H and O–H groups in total. The Kier molecular flexibility index (Phi) is 3.81. The molecule has 1 aromatic heterocycles. The number of rotatable bonds is 2. The van der Waals surface area contributed by atoms with Gasteiger partial charge in [-0.1, -0.05) is 75.4 Å². The Morgan fingerprint density at radius 2 is 1.32 bits per heavy atom. The molecule has 0 saturated carbocycles. The molecule has 1 nitrogen and oxygen atoms in total. The predicted octanol–water partition coefficient (Wildman–Crippen LogP) is 5.71. The second kappa shape index (κ2) is 5.76. The maximum atomic E-state index is 4.29. The second-order valence-electron chi connectivity index (χ2n) is 6.59. The second-order valence-corrected chi connectivity index (χ2v) is 6.59. The van der Waals surface area contributed by atoms with Crippen molar-refractivity contribution in [2.45, 2.75) is 26.2 Å². The van der Waals surface area contributed by atoms with E-state index in [1.54, 1.807) is 0 Å². The van der Waals surface area contributed by atoms with Crippen molar-refractivity contribution in [2.75, 3.05) is 0 Å². The summed E-state index contributed by atoms with van der Waals surface area (Å²) < 4.78 is 0. The molecule has 1 heterocycles. The lowest BCUT2D eigenvalue weighted by atomic mass is 9.77. The SMILES string of the molecule is CC(C)(C)c1c(-c2ccccc2)cccc1-c1cccnc1. The van der Waals surface area contributed by atoms with E-state index >= 15 is 0 Å². The zero-order valence-electron chi connectivity index (χ0n) is 13.4. The summed E-state index contributed by atoms with van der Waals surface area (Å²) in [7, 11) is 0. The van der Waals surface area contributed by atoms with Crippen LogP contribution in [0.2, 0.25) is 0 Å². The predicted molar refractivity (Wildman–Crippen MR) is 93.8 cm³/mol. The van der Waals surface area contributed by atoms with E-state index in [0.717, 1.165) is 0 Å². The third kappa shape index (κ3) is 2.80. The highest BCUT2D eigenvalue weighted by molar-refractivity contribution is 5.79. The van der Waals surface area contributed by atoms with Gasteiger partial charge >= 0.3 is 0 Å². The van der Waals surface area contributed by atoms with Crippen molar-refractivity contribution in [1.29, 1.82) is 0 Å². The molecule has 110 valence electrons. The molecule has 3 aromatic rings. The number of nitrogens with zero attached hydrogens (tertiary/aromatic N) is 1. The first-order valence-corrected chi connectivity index (χ1v) is 7.67. The molecule has 0 radical (unpaired) electrons. The van der Waals surface area contributed by atoms with Gasteiger partial charge in [0.1, 0.15) is 0 Å². The Bertz CT molecular complexity index is 695. The summed E-state index contributed by atoms with van der Waals surface area (Å²) >= 11 is 0. The molecule has 2 aromatic carbocycles. The molecule has 0 unspecified atom stereocenters. The first-order valence-electron chi connectivity index (χ1n) is 7.67. The summed E-state index contributed by atoms with van der Waals surface area (Å²) in [5, 5.41) is 0. The summed E-state index contributed by atoms with van der Waals surface area (Å²) in [5.41, 5.74) is 6.42. The Morgan fingerprint density at radius 1 is 0.682 bits per heavy atom. The lowest BCUT2D eigenvalue weighted by Crippen LogP contribution is -2.14. The molecule has 0 bridgehead atoms. The van der Waals surface area contributed by atoms with E-state index in [2.05, 4.69) is 80.4 Å². The molecular formula is C21H21N. The fraction of sp³-hybridized carbons (Fsp3) is 0.190. The number of hydrogen-bond donors (Lipinski definition) is 0. The molecule has 0 aliphatic carbocycles. The van der Waals surface area contributed by atoms with Crippen LogP contribution in [-0.4, -0.2) is 4.98 Å². The highest BCUT2D eigenvalue weighted by atomic mass is 14.6. The van der Waals surface area contributed by atoms with Crippen LogP contribution in [-0.2, 0) is 5.41 Å². The fourth-order valence-electron chi connectivity index (χ4n) is 2.98. The zero-order chi connectivity index (χ0) is 15.6. The average molecular weight is 287 g/mol. The summed E-state index contributed by atoms with van der Waals surface area (Å²) in [6, 6.07) is 21.3. The highest BCUT2D eigenvalue weighted by Crippen LogP contribution is 2.39. The van der Waals surface area contributed by atoms with Crippen molar-refractivity contribution in [3.05, 3.63) is 78.6 Å². The van der Waals surface area contributed by atoms with Crippen LogP contribution in [0, 0.1) is 0 Å². The van der Waals surface area contributed by atoms with Crippen LogP contribution in [0.3, 0.4) is 0 Å². The van der Waals surface area contributed by atoms with E-state index < -0.39 is 0 Å². The van der Waals surface area contributed by atoms with Gasteiger partial charge in [0.2, 0.25) is 0 Å². The maximum Gasteiger partial charge on any atom is 0.0346 e. The third-order valence-corrected chi connectivity index (χ3v) is 3.87. The maximum absolute atomic E-state index is 4.29. The smallest absolute Gasteiger partial charge is 0.0346 e. The molecule has 0 spiro atoms. The van der Waals surface area contributed by atoms with Gasteiger partial charge in [-0.25, -0.2) is 0 Å². The summed E-state index contributed by atoms with van der Waals surface area (Å²) in [6.07, 6.45) is 3.76. The number of pyridine rings is 1. The first-order chi connectivity index (χ1) is 10.6. The van der Waals surface area contributed by atoms with E-state index in [1.807, 2.05) is 18.5 Å². The minimum Gasteiger partial charge on any atom is -0.264 e. The van der Waals surface area contributed by atoms with Crippen LogP contribution in [0.1, 0.15) is 26.3 Å². The van der Waals surface area contributed by atoms with Crippen LogP contribution >= 0.6 is 0 Å². The van der Waals surface area contributed by atoms with E-state index in [9.17, 15) is 0 Å². The highest BCUT2D eigenvalue weighted by Gasteiger charge is 2.23. The van der Waals surface area contributed by atoms with Gasteiger partial charge in [-0.05, 0) is 33.7 Å². The van der Waals surface area contributed by atoms with E-state index in [-0.39, 0.29) is 5.41 Å². The molecule has 1 heteroatoms. The van der Waals surface area contributed by atoms with Crippen LogP contribution in [0.25, 0.3) is 22.3 Å². The third-order valence-electron chi connectivity index (χ3n) is 3.87. The summed E-state index contributed by atoms with van der Waals surface area (Å²) in [5.74, 6) is 0. The van der Waals surface area contributed by atoms with Gasteiger partial charge < -0.3 is 0 Å². The Labute approximate surface area is 132 Å². The Morgan fingerprint density at radius 3 is 1.91 bits per heavy atom. The monoisotopic (exact) mass is 287 g/mol. The lowest BCUT2D eigenvalue weighted by molar-refractivity contribution is 0.593. The van der Waals surface area contributed by atoms with E-state index in [0.29, 0.717) is 0 Å². The minimum absolute atomic E-state index is 0.0532. The topological polar surface area (TPSA) is 12.9 Å². The van der Waals surface area contributed by atoms with Crippen molar-refractivity contribution in [1.82, 2.24) is 4.98 Å². The van der Waals surface area contributed by atoms with Gasteiger partial charge in [0.25, 0.3) is 0 Å². The number of hydrogen-bond acceptors (Lipinski definition) is 1. The number of aromatic nitrogens is 1. The standard InChI is InChI=1S/C21H21N/c1-21(2,3)20-18(16-9-5-4-6-10-16)12-7-13-19(20)17-11-8-14-22-15-17/h4-15H,1-3H3. The van der Waals surface area contributed by atoms with Crippen molar-refractivity contribution in [2.24, 2.45) is 0 Å². The number of benzene rings is 2. The molecule has 22 heavy (non-hydrogen) atoms. The van der Waals surface area contributed by atoms with Crippen LogP contribution in [0.15, 0.2) is 73.1 Å². The molecular weight excluding hydrogens is 266 g/mol. The first kappa shape index (κ1) is 14.5. The Hall–Kier alpha value is -2.41. The Balaban J connectivity index is 2.29. The van der Waals surface area contributed by atoms with Crippen molar-refractivity contribution in [3.63, 3.8) is 0 Å². The molecule has 0 fully saturated rings. The lowest BCUT2D eigenvalue weighted by Gasteiger charge is -2.27. The molecule has 3 rings (SSSR count). The quantitative estimate of drug-likeness (QED) is 0.588. The van der Waals surface area contributed by atoms with Gasteiger partial charge in [0, 0.05) is 18.0 Å². The van der Waals surface area contributed by atoms with Crippen LogP contribution in [0.4, 0.5) is 0 Å². The van der Waals surface area contributed by atoms with Crippen LogP contribution in [0.5, 0.6) is 0 Å². The summed E-state index contributed by atoms with van der Waals surface area (Å²) in [6.45, 7) is 6.82. The largest absolute Gasteiger partial charge is 0.264 e. The van der Waals surface area contributed by atoms with E-state index in [1.165, 1.54) is 27.8 Å². The summed E-state index contributed by atoms with van der Waals surface area (Å²) in [4.78, 5) is 4.29. The normalized spacial score (nSPS) is 11.4. The van der Waals surface area contributed by atoms with Gasteiger partial charge in [0.15, 0.2) is 0 Å².